The number of nitrogens with one attached hydrogen (secondary N) is 1. The summed E-state index contributed by atoms with van der Waals surface area (Å²) in [6.45, 7) is 4.15. The van der Waals surface area contributed by atoms with E-state index in [2.05, 4.69) is 32.7 Å². The van der Waals surface area contributed by atoms with Crippen LogP contribution in [0.4, 0.5) is 5.69 Å². The van der Waals surface area contributed by atoms with Crippen molar-refractivity contribution in [3.05, 3.63) is 102 Å². The van der Waals surface area contributed by atoms with Crippen LogP contribution in [0.5, 0.6) is 0 Å². The summed E-state index contributed by atoms with van der Waals surface area (Å²) in [4.78, 5) is 28.0. The Hall–Kier alpha value is -4.79. The van der Waals surface area contributed by atoms with Crippen molar-refractivity contribution in [3.63, 3.8) is 0 Å². The third-order valence-corrected chi connectivity index (χ3v) is 7.43. The predicted octanol–water partition coefficient (Wildman–Crippen LogP) is 4.91. The number of hydrogen-bond donors (Lipinski definition) is 1. The normalized spacial score (nSPS) is 14.0. The number of anilines is 1. The zero-order valence-electron chi connectivity index (χ0n) is 21.7. The first-order valence-corrected chi connectivity index (χ1v) is 13.2. The molecule has 0 unspecified atom stereocenters. The molecular formula is C30H29N7O2. The highest BCUT2D eigenvalue weighted by molar-refractivity contribution is 6.05. The van der Waals surface area contributed by atoms with E-state index in [1.165, 1.54) is 5.56 Å². The molecule has 3 aromatic carbocycles. The van der Waals surface area contributed by atoms with Gasteiger partial charge in [-0.2, -0.15) is 5.10 Å². The highest BCUT2D eigenvalue weighted by Crippen LogP contribution is 2.30. The average Bonchev–Trinajstić information content (AvgIpc) is 3.66. The van der Waals surface area contributed by atoms with Gasteiger partial charge in [0.05, 0.1) is 5.52 Å². The SMILES string of the molecule is CCn1nc(C(=O)N2CCC(c3ccc(NC(=O)c4ccc(-n5cnnc5)cc4)cc3)CC2)c2ccccc21. The zero-order chi connectivity index (χ0) is 26.8. The first kappa shape index (κ1) is 24.5. The van der Waals surface area contributed by atoms with Gasteiger partial charge in [0, 0.05) is 42.0 Å². The van der Waals surface area contributed by atoms with Crippen molar-refractivity contribution in [3.8, 4) is 5.69 Å². The number of benzene rings is 3. The minimum absolute atomic E-state index is 0.00429. The van der Waals surface area contributed by atoms with Crippen LogP contribution in [0.2, 0.25) is 0 Å². The molecule has 9 heteroatoms. The highest BCUT2D eigenvalue weighted by Gasteiger charge is 2.27. The van der Waals surface area contributed by atoms with E-state index in [1.54, 1.807) is 29.4 Å². The molecule has 0 spiro atoms. The van der Waals surface area contributed by atoms with E-state index in [9.17, 15) is 9.59 Å². The molecule has 1 aliphatic rings. The summed E-state index contributed by atoms with van der Waals surface area (Å²) in [5, 5.41) is 16.1. The van der Waals surface area contributed by atoms with Crippen molar-refractivity contribution in [2.45, 2.75) is 32.2 Å². The first-order chi connectivity index (χ1) is 19.1. The van der Waals surface area contributed by atoms with Gasteiger partial charge in [0.2, 0.25) is 0 Å². The van der Waals surface area contributed by atoms with Crippen LogP contribution in [0.1, 0.15) is 52.1 Å². The van der Waals surface area contributed by atoms with Crippen molar-refractivity contribution in [1.29, 1.82) is 0 Å². The van der Waals surface area contributed by atoms with Crippen molar-refractivity contribution in [2.24, 2.45) is 0 Å². The Morgan fingerprint density at radius 2 is 1.59 bits per heavy atom. The van der Waals surface area contributed by atoms with Gasteiger partial charge in [-0.25, -0.2) is 0 Å². The predicted molar refractivity (Wildman–Crippen MR) is 149 cm³/mol. The lowest BCUT2D eigenvalue weighted by molar-refractivity contribution is 0.0708. The second-order valence-corrected chi connectivity index (χ2v) is 9.74. The van der Waals surface area contributed by atoms with Crippen LogP contribution in [-0.4, -0.2) is 54.3 Å². The fourth-order valence-electron chi connectivity index (χ4n) is 5.25. The smallest absolute Gasteiger partial charge is 0.275 e. The maximum Gasteiger partial charge on any atom is 0.275 e. The first-order valence-electron chi connectivity index (χ1n) is 13.2. The minimum Gasteiger partial charge on any atom is -0.337 e. The van der Waals surface area contributed by atoms with E-state index < -0.39 is 0 Å². The van der Waals surface area contributed by atoms with E-state index in [0.29, 0.717) is 30.3 Å². The monoisotopic (exact) mass is 519 g/mol. The number of aromatic nitrogens is 5. The Labute approximate surface area is 226 Å². The summed E-state index contributed by atoms with van der Waals surface area (Å²) in [5.74, 6) is 0.210. The number of para-hydroxylation sites is 1. The number of piperidine rings is 1. The molecule has 5 aromatic rings. The number of carbonyl (C=O) groups is 2. The van der Waals surface area contributed by atoms with E-state index in [0.717, 1.165) is 41.7 Å². The molecule has 2 amide bonds. The second-order valence-electron chi connectivity index (χ2n) is 9.74. The van der Waals surface area contributed by atoms with Crippen molar-refractivity contribution in [2.75, 3.05) is 18.4 Å². The van der Waals surface area contributed by atoms with Crippen LogP contribution in [0.3, 0.4) is 0 Å². The fourth-order valence-corrected chi connectivity index (χ4v) is 5.25. The van der Waals surface area contributed by atoms with Crippen LogP contribution < -0.4 is 5.32 Å². The summed E-state index contributed by atoms with van der Waals surface area (Å²) in [6.07, 6.45) is 5.01. The minimum atomic E-state index is -0.164. The molecule has 1 fully saturated rings. The van der Waals surface area contributed by atoms with Crippen molar-refractivity contribution >= 4 is 28.4 Å². The van der Waals surface area contributed by atoms with Gasteiger partial charge >= 0.3 is 0 Å². The number of rotatable bonds is 6. The summed E-state index contributed by atoms with van der Waals surface area (Å²) >= 11 is 0. The number of fused-ring (bicyclic) bond motifs is 1. The molecule has 1 saturated heterocycles. The number of hydrogen-bond acceptors (Lipinski definition) is 5. The average molecular weight is 520 g/mol. The summed E-state index contributed by atoms with van der Waals surface area (Å²) in [5.41, 5.74) is 4.97. The van der Waals surface area contributed by atoms with Gasteiger partial charge in [-0.15, -0.1) is 10.2 Å². The van der Waals surface area contributed by atoms with E-state index >= 15 is 0 Å². The van der Waals surface area contributed by atoms with Gasteiger partial charge in [-0.3, -0.25) is 18.8 Å². The molecule has 0 bridgehead atoms. The third-order valence-electron chi connectivity index (χ3n) is 7.43. The Morgan fingerprint density at radius 1 is 0.897 bits per heavy atom. The maximum atomic E-state index is 13.3. The van der Waals surface area contributed by atoms with Gasteiger partial charge in [-0.05, 0) is 73.7 Å². The molecule has 6 rings (SSSR count). The largest absolute Gasteiger partial charge is 0.337 e. The Kier molecular flexibility index (Phi) is 6.62. The second kappa shape index (κ2) is 10.5. The van der Waals surface area contributed by atoms with Crippen LogP contribution in [0.25, 0.3) is 16.6 Å². The molecular weight excluding hydrogens is 490 g/mol. The lowest BCUT2D eigenvalue weighted by Crippen LogP contribution is -2.38. The molecule has 9 nitrogen and oxygen atoms in total. The highest BCUT2D eigenvalue weighted by atomic mass is 16.2. The summed E-state index contributed by atoms with van der Waals surface area (Å²) in [7, 11) is 0. The van der Waals surface area contributed by atoms with Gasteiger partial charge in [0.15, 0.2) is 5.69 Å². The van der Waals surface area contributed by atoms with Crippen LogP contribution in [-0.2, 0) is 6.54 Å². The maximum absolute atomic E-state index is 13.3. The Bertz CT molecular complexity index is 1600. The van der Waals surface area contributed by atoms with Crippen LogP contribution >= 0.6 is 0 Å². The Balaban J connectivity index is 1.06. The molecule has 39 heavy (non-hydrogen) atoms. The lowest BCUT2D eigenvalue weighted by Gasteiger charge is -2.32. The number of amides is 2. The van der Waals surface area contributed by atoms with Crippen molar-refractivity contribution < 1.29 is 9.59 Å². The molecule has 196 valence electrons. The van der Waals surface area contributed by atoms with Gasteiger partial charge < -0.3 is 10.2 Å². The molecule has 3 heterocycles. The third kappa shape index (κ3) is 4.90. The van der Waals surface area contributed by atoms with Gasteiger partial charge in [-0.1, -0.05) is 30.3 Å². The number of aryl methyl sites for hydroxylation is 1. The quantitative estimate of drug-likeness (QED) is 0.344. The molecule has 0 radical (unpaired) electrons. The topological polar surface area (TPSA) is 97.9 Å². The molecule has 1 aliphatic heterocycles. The van der Waals surface area contributed by atoms with E-state index in [1.807, 2.05) is 65.0 Å². The zero-order valence-corrected chi connectivity index (χ0v) is 21.7. The van der Waals surface area contributed by atoms with E-state index in [4.69, 9.17) is 0 Å². The molecule has 2 aromatic heterocycles. The fraction of sp³-hybridized carbons (Fsp3) is 0.233. The standard InChI is InChI=1S/C30H29N7O2/c1-2-37-27-6-4-3-5-26(27)28(34-37)30(39)35-17-15-22(16-18-35)21-7-11-24(12-8-21)33-29(38)23-9-13-25(14-10-23)36-19-31-32-20-36/h3-14,19-20,22H,2,15-18H2,1H3,(H,33,38). The number of carbonyl (C=O) groups excluding carboxylic acids is 2. The van der Waals surface area contributed by atoms with Crippen LogP contribution in [0.15, 0.2) is 85.5 Å². The summed E-state index contributed by atoms with van der Waals surface area (Å²) in [6, 6.07) is 23.2. The number of nitrogens with zero attached hydrogens (tertiary/aromatic N) is 6. The van der Waals surface area contributed by atoms with Gasteiger partial charge in [0.1, 0.15) is 12.7 Å². The van der Waals surface area contributed by atoms with Crippen molar-refractivity contribution in [1.82, 2.24) is 29.4 Å². The molecule has 1 N–H and O–H groups in total. The lowest BCUT2D eigenvalue weighted by atomic mass is 9.89. The molecule has 0 saturated carbocycles. The molecule has 0 atom stereocenters. The molecule has 0 aliphatic carbocycles. The van der Waals surface area contributed by atoms with Crippen LogP contribution in [0, 0.1) is 0 Å². The summed E-state index contributed by atoms with van der Waals surface area (Å²) < 4.78 is 3.67. The van der Waals surface area contributed by atoms with E-state index in [-0.39, 0.29) is 11.8 Å². The number of likely N-dealkylation sites (tertiary alicyclic amines) is 1. The Morgan fingerprint density at radius 3 is 2.28 bits per heavy atom. The van der Waals surface area contributed by atoms with Gasteiger partial charge in [0.25, 0.3) is 11.8 Å².